The maximum absolute atomic E-state index is 11.0. The van der Waals surface area contributed by atoms with Gasteiger partial charge in [0.1, 0.15) is 5.69 Å². The van der Waals surface area contributed by atoms with Crippen LogP contribution in [0.4, 0.5) is 17.1 Å². The zero-order valence-electron chi connectivity index (χ0n) is 13.4. The normalized spacial score (nSPS) is 13.9. The van der Waals surface area contributed by atoms with Gasteiger partial charge in [-0.1, -0.05) is 13.8 Å². The Bertz CT molecular complexity index is 688. The lowest BCUT2D eigenvalue weighted by molar-refractivity contribution is -0.393. The van der Waals surface area contributed by atoms with Crippen molar-refractivity contribution in [2.45, 2.75) is 27.2 Å². The van der Waals surface area contributed by atoms with Gasteiger partial charge in [-0.25, -0.2) is 0 Å². The third-order valence-corrected chi connectivity index (χ3v) is 3.75. The molecule has 0 radical (unpaired) electrons. The van der Waals surface area contributed by atoms with Crippen molar-refractivity contribution in [3.05, 3.63) is 38.4 Å². The monoisotopic (exact) mass is 338 g/mol. The molecule has 130 valence electrons. The van der Waals surface area contributed by atoms with Gasteiger partial charge in [-0.2, -0.15) is 5.10 Å². The lowest BCUT2D eigenvalue weighted by Crippen LogP contribution is -2.20. The van der Waals surface area contributed by atoms with Crippen molar-refractivity contribution >= 4 is 28.7 Å². The van der Waals surface area contributed by atoms with E-state index in [1.54, 1.807) is 20.8 Å². The van der Waals surface area contributed by atoms with Crippen LogP contribution in [-0.2, 0) is 4.79 Å². The van der Waals surface area contributed by atoms with Gasteiger partial charge in [0, 0.05) is 18.2 Å². The van der Waals surface area contributed by atoms with Crippen molar-refractivity contribution in [1.29, 1.82) is 0 Å². The summed E-state index contributed by atoms with van der Waals surface area (Å²) in [7, 11) is 0. The number of carboxylic acids is 1. The average Bonchev–Trinajstić information content (AvgIpc) is 2.50. The van der Waals surface area contributed by atoms with E-state index in [0.717, 1.165) is 12.1 Å². The van der Waals surface area contributed by atoms with E-state index in [-0.39, 0.29) is 23.9 Å². The molecule has 0 amide bonds. The van der Waals surface area contributed by atoms with E-state index in [1.165, 1.54) is 6.07 Å². The number of rotatable bonds is 8. The summed E-state index contributed by atoms with van der Waals surface area (Å²) in [5.41, 5.74) is 2.25. The number of hydrogen-bond acceptors (Lipinski definition) is 7. The van der Waals surface area contributed by atoms with Crippen LogP contribution in [0.2, 0.25) is 0 Å². The highest BCUT2D eigenvalue weighted by molar-refractivity contribution is 5.85. The Hall–Kier alpha value is -3.04. The Morgan fingerprint density at radius 1 is 1.29 bits per heavy atom. The minimum Gasteiger partial charge on any atom is -0.481 e. The maximum atomic E-state index is 11.0. The third kappa shape index (κ3) is 5.00. The number of aliphatic carboxylic acids is 1. The fourth-order valence-electron chi connectivity index (χ4n) is 1.99. The van der Waals surface area contributed by atoms with Crippen molar-refractivity contribution in [3.8, 4) is 0 Å². The number of anilines is 1. The number of nitro benzene ring substituents is 2. The largest absolute Gasteiger partial charge is 0.481 e. The average molecular weight is 338 g/mol. The summed E-state index contributed by atoms with van der Waals surface area (Å²) in [6.07, 6.45) is -0.0221. The highest BCUT2D eigenvalue weighted by Crippen LogP contribution is 2.29. The number of carboxylic acid groups (broad SMARTS) is 1. The van der Waals surface area contributed by atoms with Gasteiger partial charge in [-0.3, -0.25) is 30.4 Å². The zero-order valence-corrected chi connectivity index (χ0v) is 13.4. The Morgan fingerprint density at radius 3 is 2.42 bits per heavy atom. The summed E-state index contributed by atoms with van der Waals surface area (Å²) in [5.74, 6) is -1.24. The maximum Gasteiger partial charge on any atom is 0.303 e. The number of hydrazone groups is 1. The van der Waals surface area contributed by atoms with Crippen LogP contribution in [0.5, 0.6) is 0 Å². The van der Waals surface area contributed by atoms with Crippen LogP contribution in [-0.4, -0.2) is 26.6 Å². The zero-order chi connectivity index (χ0) is 18.4. The standard InChI is InChI=1S/C14H18N4O6/c1-8(6-14(19)20)9(2)10(3)15-16-12-5-4-11(17(21)22)7-13(12)18(23)24/h4-5,7-9,16H,6H2,1-3H3,(H,19,20)/b15-10-/t8-,9+/m1/s1. The molecule has 0 saturated carbocycles. The van der Waals surface area contributed by atoms with Crippen LogP contribution in [0.1, 0.15) is 27.2 Å². The SMILES string of the molecule is C/C(=N/Nc1ccc([N+](=O)[O-])cc1[N+](=O)[O-])[C@@H](C)[C@H](C)CC(=O)O. The van der Waals surface area contributed by atoms with Crippen molar-refractivity contribution in [2.75, 3.05) is 5.43 Å². The van der Waals surface area contributed by atoms with Gasteiger partial charge in [-0.05, 0) is 24.8 Å². The number of nitrogens with zero attached hydrogens (tertiary/aromatic N) is 3. The molecule has 0 bridgehead atoms. The molecule has 0 unspecified atom stereocenters. The van der Waals surface area contributed by atoms with Gasteiger partial charge in [0.05, 0.1) is 15.9 Å². The molecular formula is C14H18N4O6. The second kappa shape index (κ2) is 7.99. The fraction of sp³-hybridized carbons (Fsp3) is 0.429. The first-order valence-electron chi connectivity index (χ1n) is 7.08. The topological polar surface area (TPSA) is 148 Å². The summed E-state index contributed by atoms with van der Waals surface area (Å²) in [5, 5.41) is 34.6. The summed E-state index contributed by atoms with van der Waals surface area (Å²) in [4.78, 5) is 31.0. The summed E-state index contributed by atoms with van der Waals surface area (Å²) < 4.78 is 0. The molecule has 10 nitrogen and oxygen atoms in total. The van der Waals surface area contributed by atoms with Crippen LogP contribution in [0.15, 0.2) is 23.3 Å². The van der Waals surface area contributed by atoms with Gasteiger partial charge in [-0.15, -0.1) is 0 Å². The number of nitrogens with one attached hydrogen (secondary N) is 1. The van der Waals surface area contributed by atoms with Crippen LogP contribution < -0.4 is 5.43 Å². The predicted octanol–water partition coefficient (Wildman–Crippen LogP) is 3.04. The van der Waals surface area contributed by atoms with E-state index in [4.69, 9.17) is 5.11 Å². The molecule has 1 rings (SSSR count). The molecule has 0 aliphatic rings. The highest BCUT2D eigenvalue weighted by atomic mass is 16.6. The Morgan fingerprint density at radius 2 is 1.92 bits per heavy atom. The second-order valence-electron chi connectivity index (χ2n) is 5.44. The van der Waals surface area contributed by atoms with Crippen LogP contribution in [0.3, 0.4) is 0 Å². The first kappa shape index (κ1) is 19.0. The number of non-ortho nitro benzene ring substituents is 1. The summed E-state index contributed by atoms with van der Waals surface area (Å²) >= 11 is 0. The van der Waals surface area contributed by atoms with Crippen molar-refractivity contribution in [2.24, 2.45) is 16.9 Å². The van der Waals surface area contributed by atoms with Crippen LogP contribution >= 0.6 is 0 Å². The fourth-order valence-corrected chi connectivity index (χ4v) is 1.99. The third-order valence-electron chi connectivity index (χ3n) is 3.75. The molecule has 2 N–H and O–H groups in total. The van der Waals surface area contributed by atoms with Gasteiger partial charge < -0.3 is 5.11 Å². The van der Waals surface area contributed by atoms with Crippen LogP contribution in [0, 0.1) is 32.1 Å². The quantitative estimate of drug-likeness (QED) is 0.420. The first-order chi connectivity index (χ1) is 11.1. The molecule has 10 heteroatoms. The molecule has 24 heavy (non-hydrogen) atoms. The molecule has 1 aromatic rings. The Balaban J connectivity index is 2.98. The molecule has 1 aromatic carbocycles. The molecule has 0 spiro atoms. The van der Waals surface area contributed by atoms with Crippen molar-refractivity contribution < 1.29 is 19.7 Å². The Kier molecular flexibility index (Phi) is 6.33. The minimum atomic E-state index is -0.916. The lowest BCUT2D eigenvalue weighted by Gasteiger charge is -2.18. The van der Waals surface area contributed by atoms with Gasteiger partial charge in [0.15, 0.2) is 0 Å². The first-order valence-corrected chi connectivity index (χ1v) is 7.08. The van der Waals surface area contributed by atoms with E-state index in [1.807, 2.05) is 0 Å². The molecule has 0 saturated heterocycles. The minimum absolute atomic E-state index is 0.0167. The molecule has 2 atom stereocenters. The molecule has 0 aromatic heterocycles. The van der Waals surface area contributed by atoms with Gasteiger partial charge in [0.2, 0.25) is 0 Å². The smallest absolute Gasteiger partial charge is 0.303 e. The number of carbonyl (C=O) groups is 1. The van der Waals surface area contributed by atoms with Gasteiger partial charge >= 0.3 is 11.7 Å². The predicted molar refractivity (Wildman–Crippen MR) is 87.1 cm³/mol. The van der Waals surface area contributed by atoms with Crippen molar-refractivity contribution in [3.63, 3.8) is 0 Å². The van der Waals surface area contributed by atoms with E-state index in [0.29, 0.717) is 5.71 Å². The molecule has 0 aliphatic carbocycles. The van der Waals surface area contributed by atoms with E-state index in [2.05, 4.69) is 10.5 Å². The molecular weight excluding hydrogens is 320 g/mol. The molecule has 0 heterocycles. The van der Waals surface area contributed by atoms with Crippen molar-refractivity contribution in [1.82, 2.24) is 0 Å². The van der Waals surface area contributed by atoms with Crippen LogP contribution in [0.25, 0.3) is 0 Å². The lowest BCUT2D eigenvalue weighted by atomic mass is 9.89. The highest BCUT2D eigenvalue weighted by Gasteiger charge is 2.21. The van der Waals surface area contributed by atoms with E-state index < -0.39 is 27.2 Å². The summed E-state index contributed by atoms with van der Waals surface area (Å²) in [6.45, 7) is 5.25. The second-order valence-corrected chi connectivity index (χ2v) is 5.44. The van der Waals surface area contributed by atoms with Gasteiger partial charge in [0.25, 0.3) is 5.69 Å². The summed E-state index contributed by atoms with van der Waals surface area (Å²) in [6, 6.07) is 3.19. The number of hydrogen-bond donors (Lipinski definition) is 2. The Labute approximate surface area is 137 Å². The van der Waals surface area contributed by atoms with E-state index in [9.17, 15) is 25.0 Å². The number of nitro groups is 2. The molecule has 0 fully saturated rings. The number of benzene rings is 1. The van der Waals surface area contributed by atoms with E-state index >= 15 is 0 Å². The molecule has 0 aliphatic heterocycles.